The Kier molecular flexibility index (Phi) is 3.34. The van der Waals surface area contributed by atoms with Crippen LogP contribution < -0.4 is 16.4 Å². The molecule has 5 N–H and O–H groups in total. The van der Waals surface area contributed by atoms with Gasteiger partial charge in [-0.3, -0.25) is 0 Å². The molecular weight excluding hydrogens is 292 g/mol. The molecule has 0 aliphatic carbocycles. The van der Waals surface area contributed by atoms with Crippen LogP contribution in [0.4, 0.5) is 17.3 Å². The predicted molar refractivity (Wildman–Crippen MR) is 87.9 cm³/mol. The molecule has 2 aromatic heterocycles. The Morgan fingerprint density at radius 1 is 1.09 bits per heavy atom. The number of rotatable bonds is 5. The number of H-pyrrole nitrogens is 1. The zero-order chi connectivity index (χ0) is 15.6. The smallest absolute Gasteiger partial charge is 0.197 e. The van der Waals surface area contributed by atoms with E-state index in [-0.39, 0.29) is 6.17 Å². The molecule has 0 radical (unpaired) electrons. The Labute approximate surface area is 133 Å². The molecule has 8 heteroatoms. The molecule has 8 nitrogen and oxygen atoms in total. The van der Waals surface area contributed by atoms with Gasteiger partial charge in [0.1, 0.15) is 6.17 Å². The third-order valence-electron chi connectivity index (χ3n) is 3.83. The van der Waals surface area contributed by atoms with Gasteiger partial charge < -0.3 is 21.4 Å². The lowest BCUT2D eigenvalue weighted by Gasteiger charge is -2.11. The second kappa shape index (κ2) is 5.64. The average molecular weight is 310 g/mol. The number of aromatic amines is 1. The van der Waals surface area contributed by atoms with Crippen LogP contribution in [0.25, 0.3) is 0 Å². The van der Waals surface area contributed by atoms with E-state index in [2.05, 4.69) is 43.0 Å². The highest BCUT2D eigenvalue weighted by molar-refractivity contribution is 5.73. The van der Waals surface area contributed by atoms with Gasteiger partial charge in [-0.1, -0.05) is 17.3 Å². The van der Waals surface area contributed by atoms with E-state index < -0.39 is 0 Å². The number of para-hydroxylation sites is 2. The first-order valence-corrected chi connectivity index (χ1v) is 7.57. The summed E-state index contributed by atoms with van der Waals surface area (Å²) in [5.74, 6) is 0.446. The minimum atomic E-state index is 0.119. The maximum absolute atomic E-state index is 5.57. The lowest BCUT2D eigenvalue weighted by molar-refractivity contribution is 0.555. The second-order valence-corrected chi connectivity index (χ2v) is 5.60. The normalized spacial score (nSPS) is 13.6. The highest BCUT2D eigenvalue weighted by Crippen LogP contribution is 2.28. The highest BCUT2D eigenvalue weighted by Gasteiger charge is 2.19. The van der Waals surface area contributed by atoms with Crippen molar-refractivity contribution in [3.8, 4) is 0 Å². The van der Waals surface area contributed by atoms with Crippen LogP contribution in [0.5, 0.6) is 0 Å². The molecule has 4 rings (SSSR count). The number of hydrogen-bond donors (Lipinski definition) is 4. The number of fused-ring (bicyclic) bond motifs is 1. The zero-order valence-electron chi connectivity index (χ0n) is 12.5. The van der Waals surface area contributed by atoms with Gasteiger partial charge in [-0.25, -0.2) is 9.67 Å². The number of imidazole rings is 1. The summed E-state index contributed by atoms with van der Waals surface area (Å²) in [6, 6.07) is 8.16. The zero-order valence-corrected chi connectivity index (χ0v) is 12.5. The van der Waals surface area contributed by atoms with Gasteiger partial charge in [-0.2, -0.15) is 0 Å². The Hall–Kier alpha value is -3.03. The maximum Gasteiger partial charge on any atom is 0.197 e. The van der Waals surface area contributed by atoms with Crippen molar-refractivity contribution in [1.82, 2.24) is 25.0 Å². The van der Waals surface area contributed by atoms with Crippen LogP contribution in [-0.2, 0) is 19.4 Å². The fraction of sp³-hybridized carbons (Fsp3) is 0.267. The molecule has 0 fully saturated rings. The fourth-order valence-corrected chi connectivity index (χ4v) is 2.73. The molecule has 3 aromatic rings. The number of aromatic nitrogens is 5. The highest BCUT2D eigenvalue weighted by atomic mass is 15.4. The molecule has 23 heavy (non-hydrogen) atoms. The molecule has 1 aliphatic heterocycles. The SMILES string of the molecule is Nc1nc(CCc2cn(CC3Nc4ccccc4N3)nn2)c[nH]1. The van der Waals surface area contributed by atoms with Crippen molar-refractivity contribution in [3.63, 3.8) is 0 Å². The molecule has 1 aromatic carbocycles. The van der Waals surface area contributed by atoms with E-state index in [4.69, 9.17) is 5.73 Å². The molecule has 0 atom stereocenters. The van der Waals surface area contributed by atoms with E-state index in [1.165, 1.54) is 0 Å². The molecule has 0 amide bonds. The van der Waals surface area contributed by atoms with E-state index in [0.717, 1.165) is 35.6 Å². The molecule has 0 bridgehead atoms. The first-order valence-electron chi connectivity index (χ1n) is 7.57. The van der Waals surface area contributed by atoms with Crippen molar-refractivity contribution < 1.29 is 0 Å². The number of nitrogens with zero attached hydrogens (tertiary/aromatic N) is 4. The van der Waals surface area contributed by atoms with Crippen molar-refractivity contribution in [2.24, 2.45) is 0 Å². The van der Waals surface area contributed by atoms with Crippen molar-refractivity contribution >= 4 is 17.3 Å². The molecule has 1 aliphatic rings. The number of hydrogen-bond acceptors (Lipinski definition) is 6. The number of nitrogens with two attached hydrogens (primary N) is 1. The first kappa shape index (κ1) is 13.6. The van der Waals surface area contributed by atoms with Gasteiger partial charge in [0.05, 0.1) is 29.3 Å². The third-order valence-corrected chi connectivity index (χ3v) is 3.83. The van der Waals surface area contributed by atoms with Crippen LogP contribution in [0.15, 0.2) is 36.7 Å². The Bertz CT molecular complexity index is 780. The van der Waals surface area contributed by atoms with E-state index in [0.29, 0.717) is 12.5 Å². The van der Waals surface area contributed by atoms with Gasteiger partial charge in [0.15, 0.2) is 5.95 Å². The number of aryl methyl sites for hydroxylation is 2. The Balaban J connectivity index is 1.34. The lowest BCUT2D eigenvalue weighted by Crippen LogP contribution is -2.28. The van der Waals surface area contributed by atoms with Crippen molar-refractivity contribution in [2.45, 2.75) is 25.6 Å². The van der Waals surface area contributed by atoms with Gasteiger partial charge in [-0.15, -0.1) is 5.10 Å². The number of benzene rings is 1. The average Bonchev–Trinajstić information content (AvgIpc) is 3.25. The molecule has 118 valence electrons. The second-order valence-electron chi connectivity index (χ2n) is 5.60. The quantitative estimate of drug-likeness (QED) is 0.564. The number of nitrogens with one attached hydrogen (secondary N) is 3. The molecular formula is C15H18N8. The van der Waals surface area contributed by atoms with Crippen LogP contribution in [0.2, 0.25) is 0 Å². The van der Waals surface area contributed by atoms with Gasteiger partial charge in [0, 0.05) is 12.4 Å². The lowest BCUT2D eigenvalue weighted by atomic mass is 10.2. The summed E-state index contributed by atoms with van der Waals surface area (Å²) < 4.78 is 1.85. The number of anilines is 3. The maximum atomic E-state index is 5.57. The molecule has 0 saturated carbocycles. The Morgan fingerprint density at radius 3 is 2.52 bits per heavy atom. The van der Waals surface area contributed by atoms with E-state index in [1.54, 1.807) is 0 Å². The minimum Gasteiger partial charge on any atom is -0.369 e. The third kappa shape index (κ3) is 2.96. The largest absolute Gasteiger partial charge is 0.369 e. The van der Waals surface area contributed by atoms with Crippen molar-refractivity contribution in [3.05, 3.63) is 48.0 Å². The summed E-state index contributed by atoms with van der Waals surface area (Å²) in [4.78, 5) is 7.06. The van der Waals surface area contributed by atoms with Crippen molar-refractivity contribution in [2.75, 3.05) is 16.4 Å². The van der Waals surface area contributed by atoms with Gasteiger partial charge in [0.2, 0.25) is 0 Å². The summed E-state index contributed by atoms with van der Waals surface area (Å²) in [7, 11) is 0. The minimum absolute atomic E-state index is 0.119. The Morgan fingerprint density at radius 2 is 1.83 bits per heavy atom. The summed E-state index contributed by atoms with van der Waals surface area (Å²) in [5.41, 5.74) is 9.69. The van der Waals surface area contributed by atoms with Crippen LogP contribution >= 0.6 is 0 Å². The van der Waals surface area contributed by atoms with Crippen LogP contribution in [0.3, 0.4) is 0 Å². The van der Waals surface area contributed by atoms with E-state index in [1.807, 2.05) is 29.2 Å². The summed E-state index contributed by atoms with van der Waals surface area (Å²) in [5, 5.41) is 15.3. The standard InChI is InChI=1S/C15H18N8/c16-15-17-7-10(18-15)5-6-11-8-23(22-21-11)9-14-19-12-3-1-2-4-13(12)20-14/h1-4,7-8,14,19-20H,5-6,9H2,(H3,16,17,18). The van der Waals surface area contributed by atoms with Gasteiger partial charge >= 0.3 is 0 Å². The van der Waals surface area contributed by atoms with Crippen LogP contribution in [0, 0.1) is 0 Å². The summed E-state index contributed by atoms with van der Waals surface area (Å²) in [6.45, 7) is 0.705. The number of nitrogen functional groups attached to an aromatic ring is 1. The molecule has 3 heterocycles. The van der Waals surface area contributed by atoms with E-state index in [9.17, 15) is 0 Å². The predicted octanol–water partition coefficient (Wildman–Crippen LogP) is 1.23. The molecule has 0 saturated heterocycles. The summed E-state index contributed by atoms with van der Waals surface area (Å²) >= 11 is 0. The van der Waals surface area contributed by atoms with Crippen molar-refractivity contribution in [1.29, 1.82) is 0 Å². The summed E-state index contributed by atoms with van der Waals surface area (Å²) in [6.07, 6.45) is 5.49. The topological polar surface area (TPSA) is 109 Å². The van der Waals surface area contributed by atoms with E-state index >= 15 is 0 Å². The first-order chi connectivity index (χ1) is 11.3. The van der Waals surface area contributed by atoms with Crippen LogP contribution in [-0.4, -0.2) is 31.1 Å². The monoisotopic (exact) mass is 310 g/mol. The molecule has 0 unspecified atom stereocenters. The van der Waals surface area contributed by atoms with Gasteiger partial charge in [-0.05, 0) is 25.0 Å². The van der Waals surface area contributed by atoms with Crippen LogP contribution in [0.1, 0.15) is 11.4 Å². The van der Waals surface area contributed by atoms with Gasteiger partial charge in [0.25, 0.3) is 0 Å². The molecule has 0 spiro atoms. The fourth-order valence-electron chi connectivity index (χ4n) is 2.73.